The van der Waals surface area contributed by atoms with E-state index in [1.807, 2.05) is 31.2 Å². The average Bonchev–Trinajstić information content (AvgIpc) is 2.41. The van der Waals surface area contributed by atoms with Gasteiger partial charge >= 0.3 is 0 Å². The standard InChI is InChI=1S/C15H14ClFN2S/c1-10-5-6-13(8-14(10)16)19-15(20)18-9-11-3-2-4-12(17)7-11/h2-8H,9H2,1H3,(H2,18,19,20). The van der Waals surface area contributed by atoms with Crippen molar-refractivity contribution in [1.82, 2.24) is 5.32 Å². The van der Waals surface area contributed by atoms with E-state index in [1.165, 1.54) is 12.1 Å². The van der Waals surface area contributed by atoms with Gasteiger partial charge in [0.25, 0.3) is 0 Å². The molecule has 2 N–H and O–H groups in total. The largest absolute Gasteiger partial charge is 0.358 e. The average molecular weight is 309 g/mol. The molecule has 0 radical (unpaired) electrons. The number of hydrogen-bond donors (Lipinski definition) is 2. The van der Waals surface area contributed by atoms with Crippen molar-refractivity contribution in [3.8, 4) is 0 Å². The maximum atomic E-state index is 13.0. The first-order chi connectivity index (χ1) is 9.54. The number of thiocarbonyl (C=S) groups is 1. The first kappa shape index (κ1) is 14.8. The Bertz CT molecular complexity index is 631. The van der Waals surface area contributed by atoms with Crippen LogP contribution in [0.15, 0.2) is 42.5 Å². The summed E-state index contributed by atoms with van der Waals surface area (Å²) in [4.78, 5) is 0. The molecule has 5 heteroatoms. The Kier molecular flexibility index (Phi) is 4.93. The number of aryl methyl sites for hydroxylation is 1. The number of nitrogens with one attached hydrogen (secondary N) is 2. The Labute approximate surface area is 128 Å². The summed E-state index contributed by atoms with van der Waals surface area (Å²) in [7, 11) is 0. The van der Waals surface area contributed by atoms with Gasteiger partial charge in [-0.25, -0.2) is 4.39 Å². The molecule has 0 unspecified atom stereocenters. The minimum atomic E-state index is -0.256. The van der Waals surface area contributed by atoms with E-state index >= 15 is 0 Å². The maximum absolute atomic E-state index is 13.0. The van der Waals surface area contributed by atoms with E-state index in [0.29, 0.717) is 16.7 Å². The molecular weight excluding hydrogens is 295 g/mol. The molecule has 0 saturated heterocycles. The summed E-state index contributed by atoms with van der Waals surface area (Å²) in [5.74, 6) is -0.256. The lowest BCUT2D eigenvalue weighted by atomic mass is 10.2. The van der Waals surface area contributed by atoms with Gasteiger partial charge in [-0.1, -0.05) is 29.8 Å². The van der Waals surface area contributed by atoms with Gasteiger partial charge < -0.3 is 10.6 Å². The summed E-state index contributed by atoms with van der Waals surface area (Å²) in [6, 6.07) is 12.0. The van der Waals surface area contributed by atoms with Gasteiger partial charge in [0.05, 0.1) is 0 Å². The van der Waals surface area contributed by atoms with Crippen LogP contribution in [0.2, 0.25) is 5.02 Å². The molecule has 0 saturated carbocycles. The fourth-order valence-electron chi connectivity index (χ4n) is 1.68. The molecule has 0 atom stereocenters. The third kappa shape index (κ3) is 4.18. The molecule has 2 nitrogen and oxygen atoms in total. The Morgan fingerprint density at radius 3 is 2.75 bits per heavy atom. The molecule has 0 aromatic heterocycles. The fourth-order valence-corrected chi connectivity index (χ4v) is 2.05. The number of rotatable bonds is 3. The number of anilines is 1. The van der Waals surface area contributed by atoms with Crippen molar-refractivity contribution < 1.29 is 4.39 Å². The van der Waals surface area contributed by atoms with Gasteiger partial charge in [-0.15, -0.1) is 0 Å². The first-order valence-corrected chi connectivity index (χ1v) is 6.88. The quantitative estimate of drug-likeness (QED) is 0.828. The molecule has 0 aliphatic carbocycles. The van der Waals surface area contributed by atoms with Crippen LogP contribution in [0.25, 0.3) is 0 Å². The molecule has 0 amide bonds. The summed E-state index contributed by atoms with van der Waals surface area (Å²) in [6.45, 7) is 2.40. The van der Waals surface area contributed by atoms with Crippen molar-refractivity contribution in [2.45, 2.75) is 13.5 Å². The molecular formula is C15H14ClFN2S. The molecule has 0 aliphatic rings. The molecule has 2 rings (SSSR count). The lowest BCUT2D eigenvalue weighted by molar-refractivity contribution is 0.625. The van der Waals surface area contributed by atoms with E-state index in [-0.39, 0.29) is 5.82 Å². The van der Waals surface area contributed by atoms with Gasteiger partial charge in [0.1, 0.15) is 5.82 Å². The van der Waals surface area contributed by atoms with Crippen LogP contribution in [0.3, 0.4) is 0 Å². The smallest absolute Gasteiger partial charge is 0.171 e. The van der Waals surface area contributed by atoms with Crippen LogP contribution in [0.1, 0.15) is 11.1 Å². The van der Waals surface area contributed by atoms with Gasteiger partial charge in [0, 0.05) is 17.3 Å². The zero-order valence-electron chi connectivity index (χ0n) is 10.9. The summed E-state index contributed by atoms with van der Waals surface area (Å²) in [5, 5.41) is 7.21. The van der Waals surface area contributed by atoms with Gasteiger partial charge in [-0.05, 0) is 54.5 Å². The third-order valence-electron chi connectivity index (χ3n) is 2.77. The highest BCUT2D eigenvalue weighted by Gasteiger charge is 2.01. The van der Waals surface area contributed by atoms with E-state index in [2.05, 4.69) is 10.6 Å². The molecule has 0 fully saturated rings. The van der Waals surface area contributed by atoms with Crippen molar-refractivity contribution in [2.24, 2.45) is 0 Å². The predicted octanol–water partition coefficient (Wildman–Crippen LogP) is 4.27. The first-order valence-electron chi connectivity index (χ1n) is 6.10. The van der Waals surface area contributed by atoms with Gasteiger partial charge in [-0.3, -0.25) is 0 Å². The van der Waals surface area contributed by atoms with Crippen LogP contribution in [0, 0.1) is 12.7 Å². The van der Waals surface area contributed by atoms with Gasteiger partial charge in [0.2, 0.25) is 0 Å². The zero-order chi connectivity index (χ0) is 14.5. The second-order valence-electron chi connectivity index (χ2n) is 4.40. The summed E-state index contributed by atoms with van der Waals surface area (Å²) in [5.41, 5.74) is 2.66. The Morgan fingerprint density at radius 2 is 2.05 bits per heavy atom. The second-order valence-corrected chi connectivity index (χ2v) is 5.22. The number of benzene rings is 2. The summed E-state index contributed by atoms with van der Waals surface area (Å²) >= 11 is 11.2. The van der Waals surface area contributed by atoms with E-state index in [1.54, 1.807) is 6.07 Å². The van der Waals surface area contributed by atoms with Crippen molar-refractivity contribution in [3.05, 3.63) is 64.4 Å². The molecule has 0 bridgehead atoms. The van der Waals surface area contributed by atoms with Crippen LogP contribution in [0.5, 0.6) is 0 Å². The second kappa shape index (κ2) is 6.68. The van der Waals surface area contributed by atoms with Gasteiger partial charge in [-0.2, -0.15) is 0 Å². The highest BCUT2D eigenvalue weighted by Crippen LogP contribution is 2.19. The molecule has 0 heterocycles. The summed E-state index contributed by atoms with van der Waals surface area (Å²) in [6.07, 6.45) is 0. The van der Waals surface area contributed by atoms with Crippen molar-refractivity contribution >= 4 is 34.6 Å². The van der Waals surface area contributed by atoms with Crippen molar-refractivity contribution in [3.63, 3.8) is 0 Å². The van der Waals surface area contributed by atoms with E-state index in [4.69, 9.17) is 23.8 Å². The predicted molar refractivity (Wildman–Crippen MR) is 85.6 cm³/mol. The highest BCUT2D eigenvalue weighted by atomic mass is 35.5. The number of halogens is 2. The lowest BCUT2D eigenvalue weighted by Crippen LogP contribution is -2.27. The van der Waals surface area contributed by atoms with E-state index < -0.39 is 0 Å². The van der Waals surface area contributed by atoms with Crippen LogP contribution < -0.4 is 10.6 Å². The number of hydrogen-bond acceptors (Lipinski definition) is 1. The molecule has 2 aromatic carbocycles. The van der Waals surface area contributed by atoms with Crippen LogP contribution in [-0.4, -0.2) is 5.11 Å². The lowest BCUT2D eigenvalue weighted by Gasteiger charge is -2.11. The van der Waals surface area contributed by atoms with E-state index in [9.17, 15) is 4.39 Å². The monoisotopic (exact) mass is 308 g/mol. The third-order valence-corrected chi connectivity index (χ3v) is 3.43. The minimum Gasteiger partial charge on any atom is -0.358 e. The highest BCUT2D eigenvalue weighted by molar-refractivity contribution is 7.80. The summed E-state index contributed by atoms with van der Waals surface area (Å²) < 4.78 is 13.0. The Morgan fingerprint density at radius 1 is 1.25 bits per heavy atom. The van der Waals surface area contributed by atoms with Crippen LogP contribution in [-0.2, 0) is 6.54 Å². The maximum Gasteiger partial charge on any atom is 0.171 e. The normalized spacial score (nSPS) is 10.2. The van der Waals surface area contributed by atoms with Crippen molar-refractivity contribution in [1.29, 1.82) is 0 Å². The SMILES string of the molecule is Cc1ccc(NC(=S)NCc2cccc(F)c2)cc1Cl. The fraction of sp³-hybridized carbons (Fsp3) is 0.133. The molecule has 104 valence electrons. The molecule has 0 aliphatic heterocycles. The Balaban J connectivity index is 1.91. The Hall–Kier alpha value is -1.65. The van der Waals surface area contributed by atoms with E-state index in [0.717, 1.165) is 16.8 Å². The topological polar surface area (TPSA) is 24.1 Å². The zero-order valence-corrected chi connectivity index (χ0v) is 12.5. The van der Waals surface area contributed by atoms with Crippen LogP contribution >= 0.6 is 23.8 Å². The minimum absolute atomic E-state index is 0.256. The molecule has 20 heavy (non-hydrogen) atoms. The van der Waals surface area contributed by atoms with Crippen molar-refractivity contribution in [2.75, 3.05) is 5.32 Å². The molecule has 2 aromatic rings. The van der Waals surface area contributed by atoms with Crippen LogP contribution in [0.4, 0.5) is 10.1 Å². The molecule has 0 spiro atoms. The van der Waals surface area contributed by atoms with Gasteiger partial charge in [0.15, 0.2) is 5.11 Å².